The predicted octanol–water partition coefficient (Wildman–Crippen LogP) is 1.98. The Morgan fingerprint density at radius 3 is 2.33 bits per heavy atom. The van der Waals surface area contributed by atoms with Gasteiger partial charge in [-0.2, -0.15) is 0 Å². The molecule has 1 rings (SSSR count). The summed E-state index contributed by atoms with van der Waals surface area (Å²) in [5.74, 6) is -1.05. The quantitative estimate of drug-likeness (QED) is 0.651. The molecule has 0 unspecified atom stereocenters. The first-order chi connectivity index (χ1) is 8.44. The van der Waals surface area contributed by atoms with Gasteiger partial charge in [0, 0.05) is 6.54 Å². The zero-order valence-electron chi connectivity index (χ0n) is 11.5. The van der Waals surface area contributed by atoms with E-state index >= 15 is 0 Å². The first kappa shape index (κ1) is 14.8. The van der Waals surface area contributed by atoms with Crippen molar-refractivity contribution in [3.63, 3.8) is 0 Å². The van der Waals surface area contributed by atoms with Crippen LogP contribution >= 0.6 is 0 Å². The standard InChI is InChI=1S/C13H24N2O3/c1-4-9(3)10(11(16)17)15-12(18)14-8-13(5-2)6-7-13/h9-10H,4-8H2,1-3H3,(H,16,17)(H2,14,15,18)/t9-,10-/m0/s1. The van der Waals surface area contributed by atoms with Gasteiger partial charge in [0.15, 0.2) is 0 Å². The summed E-state index contributed by atoms with van der Waals surface area (Å²) >= 11 is 0. The lowest BCUT2D eigenvalue weighted by Crippen LogP contribution is -2.50. The molecule has 5 nitrogen and oxygen atoms in total. The lowest BCUT2D eigenvalue weighted by molar-refractivity contribution is -0.140. The summed E-state index contributed by atoms with van der Waals surface area (Å²) < 4.78 is 0. The largest absolute Gasteiger partial charge is 0.480 e. The second-order valence-electron chi connectivity index (χ2n) is 5.38. The molecule has 0 radical (unpaired) electrons. The number of carboxylic acids is 1. The summed E-state index contributed by atoms with van der Waals surface area (Å²) in [7, 11) is 0. The second kappa shape index (κ2) is 6.07. The van der Waals surface area contributed by atoms with E-state index < -0.39 is 12.0 Å². The number of carboxylic acid groups (broad SMARTS) is 1. The molecule has 0 aromatic rings. The lowest BCUT2D eigenvalue weighted by atomic mass is 9.99. The van der Waals surface area contributed by atoms with Crippen molar-refractivity contribution >= 4 is 12.0 Å². The Morgan fingerprint density at radius 1 is 1.33 bits per heavy atom. The maximum atomic E-state index is 11.7. The molecule has 1 saturated carbocycles. The number of aliphatic carboxylic acids is 1. The Bertz CT molecular complexity index is 313. The maximum Gasteiger partial charge on any atom is 0.326 e. The molecule has 0 aromatic carbocycles. The summed E-state index contributed by atoms with van der Waals surface area (Å²) in [6, 6.07) is -1.19. The summed E-state index contributed by atoms with van der Waals surface area (Å²) in [5.41, 5.74) is 0.270. The van der Waals surface area contributed by atoms with E-state index in [2.05, 4.69) is 17.6 Å². The minimum absolute atomic E-state index is 0.0747. The van der Waals surface area contributed by atoms with E-state index in [4.69, 9.17) is 5.11 Å². The van der Waals surface area contributed by atoms with Gasteiger partial charge in [0.1, 0.15) is 6.04 Å². The normalized spacial score (nSPS) is 19.7. The molecule has 18 heavy (non-hydrogen) atoms. The maximum absolute atomic E-state index is 11.7. The van der Waals surface area contributed by atoms with Gasteiger partial charge >= 0.3 is 12.0 Å². The molecular formula is C13H24N2O3. The van der Waals surface area contributed by atoms with E-state index in [1.807, 2.05) is 13.8 Å². The average molecular weight is 256 g/mol. The summed E-state index contributed by atoms with van der Waals surface area (Å²) in [5, 5.41) is 14.4. The fraction of sp³-hybridized carbons (Fsp3) is 0.846. The minimum atomic E-state index is -0.976. The molecule has 2 amide bonds. The van der Waals surface area contributed by atoms with Crippen molar-refractivity contribution in [2.24, 2.45) is 11.3 Å². The van der Waals surface area contributed by atoms with E-state index in [0.717, 1.165) is 25.7 Å². The highest BCUT2D eigenvalue weighted by atomic mass is 16.4. The van der Waals surface area contributed by atoms with Gasteiger partial charge in [0.05, 0.1) is 0 Å². The molecule has 0 bridgehead atoms. The minimum Gasteiger partial charge on any atom is -0.480 e. The Labute approximate surface area is 108 Å². The highest BCUT2D eigenvalue weighted by molar-refractivity contribution is 5.82. The summed E-state index contributed by atoms with van der Waals surface area (Å²) in [6.07, 6.45) is 4.08. The second-order valence-corrected chi connectivity index (χ2v) is 5.38. The molecule has 1 fully saturated rings. The number of urea groups is 1. The number of hydrogen-bond donors (Lipinski definition) is 3. The van der Waals surface area contributed by atoms with Gasteiger partial charge in [-0.25, -0.2) is 9.59 Å². The van der Waals surface area contributed by atoms with Crippen LogP contribution in [-0.4, -0.2) is 29.7 Å². The zero-order valence-corrected chi connectivity index (χ0v) is 11.5. The van der Waals surface area contributed by atoms with Crippen molar-refractivity contribution in [2.45, 2.75) is 52.5 Å². The Hall–Kier alpha value is -1.26. The third-order valence-corrected chi connectivity index (χ3v) is 4.10. The molecule has 0 heterocycles. The van der Waals surface area contributed by atoms with E-state index in [9.17, 15) is 9.59 Å². The smallest absolute Gasteiger partial charge is 0.326 e. The molecule has 2 atom stereocenters. The van der Waals surface area contributed by atoms with E-state index in [1.54, 1.807) is 0 Å². The monoisotopic (exact) mass is 256 g/mol. The van der Waals surface area contributed by atoms with Crippen molar-refractivity contribution in [3.8, 4) is 0 Å². The van der Waals surface area contributed by atoms with Crippen LogP contribution < -0.4 is 10.6 Å². The highest BCUT2D eigenvalue weighted by Crippen LogP contribution is 2.47. The number of nitrogens with one attached hydrogen (secondary N) is 2. The van der Waals surface area contributed by atoms with Crippen molar-refractivity contribution in [3.05, 3.63) is 0 Å². The molecule has 0 aromatic heterocycles. The van der Waals surface area contributed by atoms with Gasteiger partial charge in [0.2, 0.25) is 0 Å². The first-order valence-electron chi connectivity index (χ1n) is 6.71. The molecule has 0 spiro atoms. The number of carbonyl (C=O) groups excluding carboxylic acids is 1. The van der Waals surface area contributed by atoms with E-state index in [0.29, 0.717) is 6.54 Å². The van der Waals surface area contributed by atoms with E-state index in [-0.39, 0.29) is 17.4 Å². The third-order valence-electron chi connectivity index (χ3n) is 4.10. The summed E-state index contributed by atoms with van der Waals surface area (Å²) in [4.78, 5) is 22.7. The molecule has 104 valence electrons. The van der Waals surface area contributed by atoms with Crippen LogP contribution in [0, 0.1) is 11.3 Å². The van der Waals surface area contributed by atoms with Crippen LogP contribution in [0.4, 0.5) is 4.79 Å². The average Bonchev–Trinajstić information content (AvgIpc) is 3.13. The number of amides is 2. The van der Waals surface area contributed by atoms with Crippen LogP contribution in [0.1, 0.15) is 46.5 Å². The molecule has 1 aliphatic carbocycles. The van der Waals surface area contributed by atoms with Gasteiger partial charge < -0.3 is 15.7 Å². The number of rotatable bonds is 7. The van der Waals surface area contributed by atoms with Crippen molar-refractivity contribution in [1.29, 1.82) is 0 Å². The number of hydrogen-bond acceptors (Lipinski definition) is 2. The van der Waals surface area contributed by atoms with Crippen molar-refractivity contribution in [1.82, 2.24) is 10.6 Å². The molecule has 1 aliphatic rings. The van der Waals surface area contributed by atoms with Crippen LogP contribution in [0.5, 0.6) is 0 Å². The fourth-order valence-electron chi connectivity index (χ4n) is 1.98. The number of carbonyl (C=O) groups is 2. The molecular weight excluding hydrogens is 232 g/mol. The highest BCUT2D eigenvalue weighted by Gasteiger charge is 2.40. The van der Waals surface area contributed by atoms with Gasteiger partial charge in [-0.05, 0) is 30.6 Å². The van der Waals surface area contributed by atoms with Crippen LogP contribution in [-0.2, 0) is 4.79 Å². The van der Waals surface area contributed by atoms with Crippen LogP contribution in [0.3, 0.4) is 0 Å². The van der Waals surface area contributed by atoms with Crippen LogP contribution in [0.25, 0.3) is 0 Å². The van der Waals surface area contributed by atoms with Crippen LogP contribution in [0.2, 0.25) is 0 Å². The lowest BCUT2D eigenvalue weighted by Gasteiger charge is -2.21. The Kier molecular flexibility index (Phi) is 4.99. The summed E-state index contributed by atoms with van der Waals surface area (Å²) in [6.45, 7) is 6.50. The molecule has 0 aliphatic heterocycles. The van der Waals surface area contributed by atoms with Crippen molar-refractivity contribution in [2.75, 3.05) is 6.54 Å². The molecule has 3 N–H and O–H groups in total. The SMILES string of the molecule is CC[C@H](C)[C@H](NC(=O)NCC1(CC)CC1)C(=O)O. The first-order valence-corrected chi connectivity index (χ1v) is 6.71. The van der Waals surface area contributed by atoms with Gasteiger partial charge in [-0.3, -0.25) is 0 Å². The zero-order chi connectivity index (χ0) is 13.8. The third kappa shape index (κ3) is 3.89. The van der Waals surface area contributed by atoms with Gasteiger partial charge in [0.25, 0.3) is 0 Å². The fourth-order valence-corrected chi connectivity index (χ4v) is 1.98. The van der Waals surface area contributed by atoms with Crippen molar-refractivity contribution < 1.29 is 14.7 Å². The van der Waals surface area contributed by atoms with E-state index in [1.165, 1.54) is 0 Å². The molecule has 0 saturated heterocycles. The van der Waals surface area contributed by atoms with Gasteiger partial charge in [-0.1, -0.05) is 27.2 Å². The Balaban J connectivity index is 2.39. The topological polar surface area (TPSA) is 78.4 Å². The predicted molar refractivity (Wildman–Crippen MR) is 69.4 cm³/mol. The van der Waals surface area contributed by atoms with Crippen LogP contribution in [0.15, 0.2) is 0 Å². The van der Waals surface area contributed by atoms with Gasteiger partial charge in [-0.15, -0.1) is 0 Å². The Morgan fingerprint density at radius 2 is 1.94 bits per heavy atom. The molecule has 5 heteroatoms.